The lowest BCUT2D eigenvalue weighted by molar-refractivity contribution is 0.181. The van der Waals surface area contributed by atoms with Crippen LogP contribution in [-0.2, 0) is 11.3 Å². The van der Waals surface area contributed by atoms with Crippen LogP contribution in [0.5, 0.6) is 5.75 Å². The molecule has 30 heavy (non-hydrogen) atoms. The largest absolute Gasteiger partial charge is 0.496 e. The van der Waals surface area contributed by atoms with Gasteiger partial charge in [0.1, 0.15) is 16.9 Å². The Kier molecular flexibility index (Phi) is 6.02. The summed E-state index contributed by atoms with van der Waals surface area (Å²) in [4.78, 5) is 10.9. The van der Waals surface area contributed by atoms with E-state index in [-0.39, 0.29) is 0 Å². The van der Waals surface area contributed by atoms with E-state index in [1.807, 2.05) is 43.3 Å². The highest BCUT2D eigenvalue weighted by molar-refractivity contribution is 7.21. The normalized spacial score (nSPS) is 11.6. The fourth-order valence-electron chi connectivity index (χ4n) is 3.16. The molecule has 0 unspecified atom stereocenters. The zero-order valence-corrected chi connectivity index (χ0v) is 17.9. The van der Waals surface area contributed by atoms with Crippen molar-refractivity contribution in [2.75, 3.05) is 19.6 Å². The molecule has 4 aromatic rings. The number of nitrogens with zero attached hydrogens (tertiary/aromatic N) is 3. The van der Waals surface area contributed by atoms with E-state index in [1.54, 1.807) is 31.9 Å². The third-order valence-corrected chi connectivity index (χ3v) is 5.81. The first-order chi connectivity index (χ1) is 14.7. The van der Waals surface area contributed by atoms with Crippen LogP contribution in [0.1, 0.15) is 18.1 Å². The maximum absolute atomic E-state index is 5.40. The number of anilines is 1. The molecule has 2 aromatic heterocycles. The molecule has 0 radical (unpaired) electrons. The van der Waals surface area contributed by atoms with Crippen LogP contribution in [0.4, 0.5) is 5.82 Å². The van der Waals surface area contributed by atoms with Gasteiger partial charge in [0, 0.05) is 17.6 Å². The summed E-state index contributed by atoms with van der Waals surface area (Å²) in [5.41, 5.74) is 7.06. The molecule has 7 heteroatoms. The summed E-state index contributed by atoms with van der Waals surface area (Å²) in [6, 6.07) is 18.3. The first-order valence-corrected chi connectivity index (χ1v) is 10.3. The van der Waals surface area contributed by atoms with E-state index in [2.05, 4.69) is 38.7 Å². The van der Waals surface area contributed by atoms with Gasteiger partial charge in [0.2, 0.25) is 0 Å². The lowest BCUT2D eigenvalue weighted by Crippen LogP contribution is -2.03. The van der Waals surface area contributed by atoms with Crippen LogP contribution < -0.4 is 10.2 Å². The Hall–Kier alpha value is -3.29. The SMILES string of the molecule is COCc1cc(/C(C)=N\Nc2ncnc3sc(-c4ccccc4)cc23)ccc1OC. The predicted molar refractivity (Wildman–Crippen MR) is 122 cm³/mol. The van der Waals surface area contributed by atoms with Crippen molar-refractivity contribution < 1.29 is 9.47 Å². The van der Waals surface area contributed by atoms with Gasteiger partial charge in [-0.15, -0.1) is 11.3 Å². The molecule has 0 aliphatic rings. The summed E-state index contributed by atoms with van der Waals surface area (Å²) >= 11 is 1.64. The molecule has 2 heterocycles. The molecular weight excluding hydrogens is 396 g/mol. The average molecular weight is 419 g/mol. The summed E-state index contributed by atoms with van der Waals surface area (Å²) in [5, 5.41) is 5.50. The predicted octanol–water partition coefficient (Wildman–Crippen LogP) is 5.35. The summed E-state index contributed by atoms with van der Waals surface area (Å²) < 4.78 is 10.7. The third-order valence-electron chi connectivity index (χ3n) is 4.72. The van der Waals surface area contributed by atoms with E-state index in [1.165, 1.54) is 0 Å². The van der Waals surface area contributed by atoms with Crippen molar-refractivity contribution >= 4 is 33.1 Å². The van der Waals surface area contributed by atoms with E-state index >= 15 is 0 Å². The zero-order valence-electron chi connectivity index (χ0n) is 17.0. The number of hydrogen-bond acceptors (Lipinski definition) is 7. The molecule has 0 fully saturated rings. The first kappa shape index (κ1) is 20.0. The number of nitrogens with one attached hydrogen (secondary N) is 1. The fourth-order valence-corrected chi connectivity index (χ4v) is 4.17. The minimum atomic E-state index is 0.474. The van der Waals surface area contributed by atoms with Crippen LogP contribution in [0.15, 0.2) is 66.0 Å². The smallest absolute Gasteiger partial charge is 0.158 e. The van der Waals surface area contributed by atoms with Crippen molar-refractivity contribution in [3.8, 4) is 16.2 Å². The maximum atomic E-state index is 5.40. The molecule has 0 amide bonds. The van der Waals surface area contributed by atoms with Gasteiger partial charge in [0.05, 0.1) is 24.8 Å². The van der Waals surface area contributed by atoms with E-state index < -0.39 is 0 Å². The molecule has 0 bridgehead atoms. The maximum Gasteiger partial charge on any atom is 0.158 e. The number of benzene rings is 2. The minimum Gasteiger partial charge on any atom is -0.496 e. The summed E-state index contributed by atoms with van der Waals surface area (Å²) in [5.74, 6) is 1.48. The van der Waals surface area contributed by atoms with Gasteiger partial charge < -0.3 is 9.47 Å². The second-order valence-corrected chi connectivity index (χ2v) is 7.72. The Bertz CT molecular complexity index is 1190. The lowest BCUT2D eigenvalue weighted by atomic mass is 10.1. The highest BCUT2D eigenvalue weighted by atomic mass is 32.1. The van der Waals surface area contributed by atoms with E-state index in [0.29, 0.717) is 12.4 Å². The number of hydrazone groups is 1. The monoisotopic (exact) mass is 418 g/mol. The highest BCUT2D eigenvalue weighted by Gasteiger charge is 2.11. The van der Waals surface area contributed by atoms with Crippen molar-refractivity contribution in [2.24, 2.45) is 5.10 Å². The van der Waals surface area contributed by atoms with Crippen molar-refractivity contribution in [1.29, 1.82) is 0 Å². The Morgan fingerprint density at radius 3 is 2.67 bits per heavy atom. The number of hydrogen-bond donors (Lipinski definition) is 1. The van der Waals surface area contributed by atoms with E-state index in [4.69, 9.17) is 9.47 Å². The summed E-state index contributed by atoms with van der Waals surface area (Å²) in [7, 11) is 3.32. The summed E-state index contributed by atoms with van der Waals surface area (Å²) in [6.07, 6.45) is 1.56. The molecular formula is C23H22N4O2S. The van der Waals surface area contributed by atoms with Crippen LogP contribution in [0.25, 0.3) is 20.7 Å². The molecule has 0 aliphatic carbocycles. The third kappa shape index (κ3) is 4.17. The second-order valence-electron chi connectivity index (χ2n) is 6.69. The molecule has 152 valence electrons. The highest BCUT2D eigenvalue weighted by Crippen LogP contribution is 2.34. The minimum absolute atomic E-state index is 0.474. The lowest BCUT2D eigenvalue weighted by Gasteiger charge is -2.10. The van der Waals surface area contributed by atoms with Crippen LogP contribution >= 0.6 is 11.3 Å². The van der Waals surface area contributed by atoms with Gasteiger partial charge in [-0.25, -0.2) is 9.97 Å². The van der Waals surface area contributed by atoms with Crippen molar-refractivity contribution in [3.63, 3.8) is 0 Å². The van der Waals surface area contributed by atoms with Crippen LogP contribution in [0.3, 0.4) is 0 Å². The van der Waals surface area contributed by atoms with Crippen LogP contribution in [0.2, 0.25) is 0 Å². The average Bonchev–Trinajstić information content (AvgIpc) is 3.23. The number of rotatable bonds is 7. The fraction of sp³-hybridized carbons (Fsp3) is 0.174. The molecule has 0 saturated carbocycles. The van der Waals surface area contributed by atoms with Gasteiger partial charge in [-0.1, -0.05) is 30.3 Å². The summed E-state index contributed by atoms with van der Waals surface area (Å²) in [6.45, 7) is 2.42. The van der Waals surface area contributed by atoms with E-state index in [0.717, 1.165) is 43.2 Å². The van der Waals surface area contributed by atoms with Gasteiger partial charge in [-0.05, 0) is 42.3 Å². The molecule has 4 rings (SSSR count). The van der Waals surface area contributed by atoms with Crippen molar-refractivity contribution in [3.05, 3.63) is 72.1 Å². The van der Waals surface area contributed by atoms with Crippen molar-refractivity contribution in [1.82, 2.24) is 9.97 Å². The molecule has 0 spiro atoms. The molecule has 2 aromatic carbocycles. The first-order valence-electron chi connectivity index (χ1n) is 9.46. The molecule has 6 nitrogen and oxygen atoms in total. The van der Waals surface area contributed by atoms with Gasteiger partial charge >= 0.3 is 0 Å². The van der Waals surface area contributed by atoms with Gasteiger partial charge in [-0.2, -0.15) is 5.10 Å². The number of aromatic nitrogens is 2. The number of thiophene rings is 1. The number of methoxy groups -OCH3 is 2. The van der Waals surface area contributed by atoms with Crippen LogP contribution in [-0.4, -0.2) is 29.9 Å². The molecule has 0 aliphatic heterocycles. The Balaban J connectivity index is 1.62. The zero-order chi connectivity index (χ0) is 20.9. The van der Waals surface area contributed by atoms with Crippen LogP contribution in [0, 0.1) is 0 Å². The Morgan fingerprint density at radius 1 is 1.07 bits per heavy atom. The molecule has 0 atom stereocenters. The Labute approximate surface area is 179 Å². The van der Waals surface area contributed by atoms with Crippen molar-refractivity contribution in [2.45, 2.75) is 13.5 Å². The number of fused-ring (bicyclic) bond motifs is 1. The van der Waals surface area contributed by atoms with Gasteiger partial charge in [-0.3, -0.25) is 5.43 Å². The van der Waals surface area contributed by atoms with Gasteiger partial charge in [0.25, 0.3) is 0 Å². The quantitative estimate of drug-likeness (QED) is 0.324. The number of ether oxygens (including phenoxy) is 2. The molecule has 1 N–H and O–H groups in total. The topological polar surface area (TPSA) is 68.6 Å². The van der Waals surface area contributed by atoms with Gasteiger partial charge in [0.15, 0.2) is 5.82 Å². The molecule has 0 saturated heterocycles. The second kappa shape index (κ2) is 9.02. The Morgan fingerprint density at radius 2 is 1.90 bits per heavy atom. The standard InChI is InChI=1S/C23H22N4O2S/c1-15(17-9-10-20(29-3)18(11-17)13-28-2)26-27-22-19-12-21(16-7-5-4-6-8-16)30-23(19)25-14-24-22/h4-12,14H,13H2,1-3H3,(H,24,25,27)/b26-15-. The van der Waals surface area contributed by atoms with E-state index in [9.17, 15) is 0 Å².